The first-order valence-corrected chi connectivity index (χ1v) is 14.1. The van der Waals surface area contributed by atoms with Crippen molar-refractivity contribution < 1.29 is 28.6 Å². The van der Waals surface area contributed by atoms with Crippen LogP contribution >= 0.6 is 11.6 Å². The Morgan fingerprint density at radius 1 is 0.907 bits per heavy atom. The first kappa shape index (κ1) is 28.2. The van der Waals surface area contributed by atoms with Gasteiger partial charge in [-0.3, -0.25) is 4.79 Å². The monoisotopic (exact) mass is 595 g/mol. The average Bonchev–Trinajstić information content (AvgIpc) is 3.48. The van der Waals surface area contributed by atoms with E-state index in [1.165, 1.54) is 12.1 Å². The van der Waals surface area contributed by atoms with Crippen LogP contribution in [-0.4, -0.2) is 36.2 Å². The highest BCUT2D eigenvalue weighted by molar-refractivity contribution is 6.33. The van der Waals surface area contributed by atoms with E-state index in [9.17, 15) is 19.5 Å². The highest BCUT2D eigenvalue weighted by Crippen LogP contribution is 2.44. The van der Waals surface area contributed by atoms with Crippen molar-refractivity contribution in [1.29, 1.82) is 0 Å². The molecule has 0 saturated carbocycles. The lowest BCUT2D eigenvalue weighted by atomic mass is 9.89. The van der Waals surface area contributed by atoms with Gasteiger partial charge in [0.2, 0.25) is 0 Å². The Morgan fingerprint density at radius 2 is 1.56 bits per heavy atom. The van der Waals surface area contributed by atoms with Crippen molar-refractivity contribution in [2.24, 2.45) is 0 Å². The number of benzene rings is 4. The van der Waals surface area contributed by atoms with Crippen molar-refractivity contribution >= 4 is 34.5 Å². The van der Waals surface area contributed by atoms with E-state index in [-0.39, 0.29) is 29.1 Å². The quantitative estimate of drug-likeness (QED) is 0.165. The van der Waals surface area contributed by atoms with Gasteiger partial charge in [-0.2, -0.15) is 0 Å². The summed E-state index contributed by atoms with van der Waals surface area (Å²) in [7, 11) is 0. The number of fused-ring (bicyclic) bond motifs is 1. The molecular weight excluding hydrogens is 570 g/mol. The molecule has 1 fully saturated rings. The Kier molecular flexibility index (Phi) is 7.96. The summed E-state index contributed by atoms with van der Waals surface area (Å²) in [5.74, 6) is -1.73. The summed E-state index contributed by atoms with van der Waals surface area (Å²) in [5.41, 5.74) is 1.17. The summed E-state index contributed by atoms with van der Waals surface area (Å²) in [6.45, 7) is 0.558. The molecule has 0 radical (unpaired) electrons. The van der Waals surface area contributed by atoms with Gasteiger partial charge in [-0.05, 0) is 49.4 Å². The number of ether oxygens (including phenoxy) is 2. The topological polar surface area (TPSA) is 115 Å². The van der Waals surface area contributed by atoms with E-state index in [0.717, 1.165) is 0 Å². The Hall–Kier alpha value is -4.92. The van der Waals surface area contributed by atoms with Gasteiger partial charge < -0.3 is 24.3 Å². The highest BCUT2D eigenvalue weighted by atomic mass is 35.5. The summed E-state index contributed by atoms with van der Waals surface area (Å²) in [4.78, 5) is 39.3. The number of carbonyl (C=O) groups is 2. The van der Waals surface area contributed by atoms with Gasteiger partial charge in [0.15, 0.2) is 5.43 Å². The summed E-state index contributed by atoms with van der Waals surface area (Å²) < 4.78 is 17.9. The second-order valence-electron chi connectivity index (χ2n) is 10.1. The number of aromatic hydroxyl groups is 1. The van der Waals surface area contributed by atoms with Gasteiger partial charge in [0.1, 0.15) is 34.8 Å². The molecule has 8 nitrogen and oxygen atoms in total. The molecule has 0 bridgehead atoms. The zero-order chi connectivity index (χ0) is 29.9. The summed E-state index contributed by atoms with van der Waals surface area (Å²) >= 11 is 6.43. The molecule has 5 aromatic rings. The van der Waals surface area contributed by atoms with Crippen molar-refractivity contribution in [2.45, 2.75) is 18.4 Å². The fraction of sp³-hybridized carbons (Fsp3) is 0.147. The fourth-order valence-corrected chi connectivity index (χ4v) is 5.61. The normalized spacial score (nSPS) is 16.2. The van der Waals surface area contributed by atoms with Crippen molar-refractivity contribution in [3.05, 3.63) is 129 Å². The maximum atomic E-state index is 13.4. The minimum absolute atomic E-state index is 0.00126. The number of halogens is 1. The molecule has 0 spiro atoms. The average molecular weight is 596 g/mol. The molecular formula is C34H26ClNO7. The molecule has 43 heavy (non-hydrogen) atoms. The summed E-state index contributed by atoms with van der Waals surface area (Å²) in [5, 5.41) is 14.7. The maximum absolute atomic E-state index is 13.4. The van der Waals surface area contributed by atoms with E-state index in [1.807, 2.05) is 6.07 Å². The van der Waals surface area contributed by atoms with Crippen LogP contribution in [0.4, 0.5) is 0 Å². The molecule has 6 rings (SSSR count). The van der Waals surface area contributed by atoms with E-state index in [1.54, 1.807) is 78.9 Å². The van der Waals surface area contributed by atoms with Gasteiger partial charge in [-0.25, -0.2) is 9.59 Å². The Morgan fingerprint density at radius 3 is 2.26 bits per heavy atom. The zero-order valence-electron chi connectivity index (χ0n) is 22.8. The molecule has 2 heterocycles. The molecule has 2 N–H and O–H groups in total. The molecule has 1 saturated heterocycles. The highest BCUT2D eigenvalue weighted by Gasteiger charge is 2.36. The lowest BCUT2D eigenvalue weighted by Crippen LogP contribution is -2.32. The van der Waals surface area contributed by atoms with Crippen LogP contribution in [0.5, 0.6) is 11.5 Å². The summed E-state index contributed by atoms with van der Waals surface area (Å²) in [6.07, 6.45) is 0.545. The van der Waals surface area contributed by atoms with E-state index < -0.39 is 35.1 Å². The standard InChI is InChI=1S/C34H26ClNO7/c35-24-14-8-7-13-22(24)28-17-26(37)31-27(38)18-29(43-34(40)21-11-5-2-6-12-21)30(32(31)42-28)23-15-16-36-25(23)19-41-33(39)20-9-3-1-4-10-20/h1-14,17-18,23,25,36,38H,15-16,19H2/t23-,25+/m1/s1. The second kappa shape index (κ2) is 12.1. The molecule has 1 aliphatic heterocycles. The molecule has 0 aliphatic carbocycles. The zero-order valence-corrected chi connectivity index (χ0v) is 23.5. The van der Waals surface area contributed by atoms with Crippen LogP contribution in [0.15, 0.2) is 106 Å². The minimum Gasteiger partial charge on any atom is -0.507 e. The van der Waals surface area contributed by atoms with Crippen molar-refractivity contribution in [3.63, 3.8) is 0 Å². The van der Waals surface area contributed by atoms with Crippen LogP contribution in [0.1, 0.15) is 38.6 Å². The van der Waals surface area contributed by atoms with Gasteiger partial charge in [0, 0.05) is 35.2 Å². The molecule has 1 aliphatic rings. The van der Waals surface area contributed by atoms with Crippen LogP contribution in [0.3, 0.4) is 0 Å². The van der Waals surface area contributed by atoms with Gasteiger partial charge in [-0.15, -0.1) is 0 Å². The van der Waals surface area contributed by atoms with Crippen LogP contribution < -0.4 is 15.5 Å². The Balaban J connectivity index is 1.47. The Labute approximate surface area is 251 Å². The number of phenols is 1. The van der Waals surface area contributed by atoms with Gasteiger partial charge in [0.05, 0.1) is 16.1 Å². The molecule has 0 amide bonds. The van der Waals surface area contributed by atoms with Crippen LogP contribution in [0.25, 0.3) is 22.3 Å². The fourth-order valence-electron chi connectivity index (χ4n) is 5.39. The van der Waals surface area contributed by atoms with E-state index in [2.05, 4.69) is 5.32 Å². The maximum Gasteiger partial charge on any atom is 0.343 e. The van der Waals surface area contributed by atoms with E-state index >= 15 is 0 Å². The molecule has 0 unspecified atom stereocenters. The first-order valence-electron chi connectivity index (χ1n) is 13.7. The molecule has 4 aromatic carbocycles. The number of hydrogen-bond donors (Lipinski definition) is 2. The molecule has 216 valence electrons. The first-order chi connectivity index (χ1) is 20.9. The van der Waals surface area contributed by atoms with Crippen molar-refractivity contribution in [2.75, 3.05) is 13.2 Å². The third-order valence-electron chi connectivity index (χ3n) is 7.46. The van der Waals surface area contributed by atoms with Gasteiger partial charge in [0.25, 0.3) is 0 Å². The molecule has 2 atom stereocenters. The van der Waals surface area contributed by atoms with Gasteiger partial charge >= 0.3 is 11.9 Å². The number of esters is 2. The SMILES string of the molecule is O=C(OC[C@@H]1NCC[C@H]1c1c(OC(=O)c2ccccc2)cc(O)c2c(=O)cc(-c3ccccc3Cl)oc12)c1ccccc1. The van der Waals surface area contributed by atoms with E-state index in [4.69, 9.17) is 25.5 Å². The number of nitrogens with one attached hydrogen (secondary N) is 1. The number of hydrogen-bond acceptors (Lipinski definition) is 8. The molecule has 9 heteroatoms. The number of rotatable bonds is 7. The second-order valence-corrected chi connectivity index (χ2v) is 10.5. The minimum atomic E-state index is -0.650. The van der Waals surface area contributed by atoms with E-state index in [0.29, 0.717) is 40.2 Å². The Bertz CT molecular complexity index is 1870. The van der Waals surface area contributed by atoms with Crippen LogP contribution in [0, 0.1) is 0 Å². The van der Waals surface area contributed by atoms with Crippen LogP contribution in [0.2, 0.25) is 5.02 Å². The lowest BCUT2D eigenvalue weighted by Gasteiger charge is -2.23. The third kappa shape index (κ3) is 5.75. The predicted octanol–water partition coefficient (Wildman–Crippen LogP) is 6.34. The molecule has 1 aromatic heterocycles. The smallest absolute Gasteiger partial charge is 0.343 e. The lowest BCUT2D eigenvalue weighted by molar-refractivity contribution is 0.0466. The van der Waals surface area contributed by atoms with Crippen molar-refractivity contribution in [1.82, 2.24) is 5.32 Å². The summed E-state index contributed by atoms with van der Waals surface area (Å²) in [6, 6.07) is 26.1. The van der Waals surface area contributed by atoms with Crippen molar-refractivity contribution in [3.8, 4) is 22.8 Å². The number of carbonyl (C=O) groups excluding carboxylic acids is 2. The number of phenolic OH excluding ortho intramolecular Hbond substituents is 1. The largest absolute Gasteiger partial charge is 0.507 e. The third-order valence-corrected chi connectivity index (χ3v) is 7.78. The van der Waals surface area contributed by atoms with Crippen LogP contribution in [-0.2, 0) is 4.74 Å². The van der Waals surface area contributed by atoms with Gasteiger partial charge in [-0.1, -0.05) is 60.1 Å². The predicted molar refractivity (Wildman–Crippen MR) is 162 cm³/mol.